The Labute approximate surface area is 260 Å². The number of hydrogen-bond acceptors (Lipinski definition) is 8. The molecule has 0 radical (unpaired) electrons. The summed E-state index contributed by atoms with van der Waals surface area (Å²) in [7, 11) is 1.48. The molecule has 250 valence electrons. The average Bonchev–Trinajstić information content (AvgIpc) is 3.33. The number of rotatable bonds is 15. The van der Waals surface area contributed by atoms with Crippen molar-refractivity contribution in [2.24, 2.45) is 58.2 Å². The van der Waals surface area contributed by atoms with E-state index < -0.39 is 0 Å². The number of ether oxygens (including phenoxy) is 4. The molecule has 0 bridgehead atoms. The molecule has 0 aromatic rings. The Morgan fingerprint density at radius 3 is 2.26 bits per heavy atom. The van der Waals surface area contributed by atoms with Crippen molar-refractivity contribution in [2.75, 3.05) is 46.8 Å². The minimum absolute atomic E-state index is 0.0263. The number of aliphatic hydroxyl groups is 3. The van der Waals surface area contributed by atoms with E-state index in [0.717, 1.165) is 57.8 Å². The molecule has 4 aliphatic rings. The Bertz CT molecular complexity index is 882. The van der Waals surface area contributed by atoms with Crippen molar-refractivity contribution < 1.29 is 39.1 Å². The van der Waals surface area contributed by atoms with E-state index in [1.807, 2.05) is 0 Å². The van der Waals surface area contributed by atoms with Crippen LogP contribution in [0.2, 0.25) is 0 Å². The quantitative estimate of drug-likeness (QED) is 0.178. The lowest BCUT2D eigenvalue weighted by molar-refractivity contribution is -0.209. The number of esters is 1. The minimum Gasteiger partial charge on any atom is -0.469 e. The van der Waals surface area contributed by atoms with Gasteiger partial charge < -0.3 is 34.3 Å². The molecule has 0 spiro atoms. The van der Waals surface area contributed by atoms with Crippen molar-refractivity contribution in [3.8, 4) is 0 Å². The summed E-state index contributed by atoms with van der Waals surface area (Å²) in [5, 5.41) is 32.5. The Morgan fingerprint density at radius 2 is 1.58 bits per heavy atom. The maximum absolute atomic E-state index is 12.4. The van der Waals surface area contributed by atoms with Gasteiger partial charge in [0.25, 0.3) is 0 Å². The van der Waals surface area contributed by atoms with Crippen molar-refractivity contribution in [1.29, 1.82) is 0 Å². The molecule has 0 saturated heterocycles. The van der Waals surface area contributed by atoms with Gasteiger partial charge in [-0.25, -0.2) is 0 Å². The molecule has 4 rings (SSSR count). The van der Waals surface area contributed by atoms with Crippen LogP contribution in [0.3, 0.4) is 0 Å². The Balaban J connectivity index is 1.35. The SMILES string of the molecule is COC(=O)C(CC[C@@H](C)[C@H]1CC[C@H]2[C@@H]3[C@H](O)C[C@@H]4C[C@H](OCCOCCOCCO)CC[C@]4(C)[C@H]3C[C@H](O)[C@]12C)C(C)C. The Kier molecular flexibility index (Phi) is 12.4. The molecule has 8 nitrogen and oxygen atoms in total. The zero-order valence-electron chi connectivity index (χ0n) is 27.8. The van der Waals surface area contributed by atoms with Crippen LogP contribution in [0, 0.1) is 58.2 Å². The van der Waals surface area contributed by atoms with Gasteiger partial charge in [0.1, 0.15) is 0 Å². The fourth-order valence-electron chi connectivity index (χ4n) is 10.4. The summed E-state index contributed by atoms with van der Waals surface area (Å²) in [5.74, 6) is 2.14. The molecule has 0 amide bonds. The van der Waals surface area contributed by atoms with Crippen molar-refractivity contribution in [2.45, 2.75) is 111 Å². The molecular formula is C35H62O8. The van der Waals surface area contributed by atoms with Crippen molar-refractivity contribution >= 4 is 5.97 Å². The third-order valence-corrected chi connectivity index (χ3v) is 12.9. The zero-order valence-corrected chi connectivity index (χ0v) is 27.8. The summed E-state index contributed by atoms with van der Waals surface area (Å²) < 4.78 is 22.2. The van der Waals surface area contributed by atoms with Gasteiger partial charge in [0.2, 0.25) is 0 Å². The molecule has 12 atom stereocenters. The van der Waals surface area contributed by atoms with Crippen LogP contribution >= 0.6 is 0 Å². The van der Waals surface area contributed by atoms with E-state index in [1.54, 1.807) is 0 Å². The highest BCUT2D eigenvalue weighted by atomic mass is 16.5. The highest BCUT2D eigenvalue weighted by Gasteiger charge is 2.65. The monoisotopic (exact) mass is 610 g/mol. The number of aliphatic hydroxyl groups excluding tert-OH is 3. The molecule has 4 aliphatic carbocycles. The van der Waals surface area contributed by atoms with Crippen LogP contribution in [0.5, 0.6) is 0 Å². The predicted molar refractivity (Wildman–Crippen MR) is 165 cm³/mol. The largest absolute Gasteiger partial charge is 0.469 e. The summed E-state index contributed by atoms with van der Waals surface area (Å²) in [5.41, 5.74) is -0.0892. The third kappa shape index (κ3) is 7.30. The summed E-state index contributed by atoms with van der Waals surface area (Å²) >= 11 is 0. The van der Waals surface area contributed by atoms with Crippen LogP contribution < -0.4 is 0 Å². The first-order valence-corrected chi connectivity index (χ1v) is 17.3. The Morgan fingerprint density at radius 1 is 0.884 bits per heavy atom. The molecule has 8 heteroatoms. The number of methoxy groups -OCH3 is 1. The highest BCUT2D eigenvalue weighted by molar-refractivity contribution is 5.72. The van der Waals surface area contributed by atoms with E-state index in [-0.39, 0.29) is 59.5 Å². The van der Waals surface area contributed by atoms with Crippen molar-refractivity contribution in [3.63, 3.8) is 0 Å². The zero-order chi connectivity index (χ0) is 31.4. The van der Waals surface area contributed by atoms with E-state index in [2.05, 4.69) is 34.6 Å². The second-order valence-electron chi connectivity index (χ2n) is 15.2. The summed E-state index contributed by atoms with van der Waals surface area (Å²) in [6.07, 6.45) is 8.08. The molecule has 3 N–H and O–H groups in total. The third-order valence-electron chi connectivity index (χ3n) is 12.9. The van der Waals surface area contributed by atoms with E-state index in [1.165, 1.54) is 7.11 Å². The first-order valence-electron chi connectivity index (χ1n) is 17.3. The maximum Gasteiger partial charge on any atom is 0.308 e. The van der Waals surface area contributed by atoms with Crippen LogP contribution in [-0.2, 0) is 23.7 Å². The van der Waals surface area contributed by atoms with Gasteiger partial charge in [-0.05, 0) is 110 Å². The average molecular weight is 611 g/mol. The molecule has 0 aliphatic heterocycles. The van der Waals surface area contributed by atoms with Crippen LogP contribution in [0.1, 0.15) is 92.4 Å². The molecule has 43 heavy (non-hydrogen) atoms. The second-order valence-corrected chi connectivity index (χ2v) is 15.2. The van der Waals surface area contributed by atoms with E-state index in [0.29, 0.717) is 62.6 Å². The molecule has 0 heterocycles. The number of hydrogen-bond donors (Lipinski definition) is 3. The summed E-state index contributed by atoms with van der Waals surface area (Å²) in [6, 6.07) is 0. The van der Waals surface area contributed by atoms with Crippen molar-refractivity contribution in [3.05, 3.63) is 0 Å². The molecule has 0 aromatic heterocycles. The predicted octanol–water partition coefficient (Wildman–Crippen LogP) is 4.86. The first kappa shape index (κ1) is 35.1. The van der Waals surface area contributed by atoms with E-state index in [9.17, 15) is 15.0 Å². The second kappa shape index (κ2) is 15.2. The molecule has 1 unspecified atom stereocenters. The van der Waals surface area contributed by atoms with Gasteiger partial charge in [-0.2, -0.15) is 0 Å². The number of carbonyl (C=O) groups excluding carboxylic acids is 1. The van der Waals surface area contributed by atoms with Crippen LogP contribution in [-0.4, -0.2) is 86.4 Å². The summed E-state index contributed by atoms with van der Waals surface area (Å²) in [4.78, 5) is 12.4. The Hall–Kier alpha value is -0.770. The highest BCUT2D eigenvalue weighted by Crippen LogP contribution is 2.68. The van der Waals surface area contributed by atoms with E-state index >= 15 is 0 Å². The van der Waals surface area contributed by atoms with Gasteiger partial charge in [0, 0.05) is 0 Å². The van der Waals surface area contributed by atoms with Crippen molar-refractivity contribution in [1.82, 2.24) is 0 Å². The minimum atomic E-state index is -0.370. The van der Waals surface area contributed by atoms with Crippen LogP contribution in [0.4, 0.5) is 0 Å². The first-order chi connectivity index (χ1) is 20.5. The summed E-state index contributed by atoms with van der Waals surface area (Å²) in [6.45, 7) is 13.7. The van der Waals surface area contributed by atoms with Crippen LogP contribution in [0.15, 0.2) is 0 Å². The van der Waals surface area contributed by atoms with Gasteiger partial charge >= 0.3 is 5.97 Å². The molecule has 0 aromatic carbocycles. The fourth-order valence-corrected chi connectivity index (χ4v) is 10.4. The van der Waals surface area contributed by atoms with Gasteiger partial charge in [0.15, 0.2) is 0 Å². The standard InChI is InChI=1S/C35H62O8/c1-22(2)26(33(39)40-6)8-7-23(3)27-9-10-28-32-29(21-31(38)35(27,28)5)34(4)12-11-25(19-24(34)20-30(32)37)43-18-17-42-16-15-41-14-13-36/h22-32,36-38H,7-21H2,1-6H3/t23-,24+,25-,26?,27-,28+,29+,30-,31+,32+,34+,35-/m1/s1. The van der Waals surface area contributed by atoms with Gasteiger partial charge in [-0.3, -0.25) is 4.79 Å². The smallest absolute Gasteiger partial charge is 0.308 e. The number of fused-ring (bicyclic) bond motifs is 5. The maximum atomic E-state index is 12.4. The fraction of sp³-hybridized carbons (Fsp3) is 0.971. The molecular weight excluding hydrogens is 548 g/mol. The lowest BCUT2D eigenvalue weighted by atomic mass is 9.43. The molecule has 4 fully saturated rings. The normalized spacial score (nSPS) is 40.4. The van der Waals surface area contributed by atoms with Crippen LogP contribution in [0.25, 0.3) is 0 Å². The topological polar surface area (TPSA) is 115 Å². The number of carbonyl (C=O) groups is 1. The van der Waals surface area contributed by atoms with Gasteiger partial charge in [-0.1, -0.05) is 34.6 Å². The van der Waals surface area contributed by atoms with E-state index in [4.69, 9.17) is 24.1 Å². The lowest BCUT2D eigenvalue weighted by Gasteiger charge is -2.63. The molecule has 4 saturated carbocycles. The van der Waals surface area contributed by atoms with Gasteiger partial charge in [-0.15, -0.1) is 0 Å². The van der Waals surface area contributed by atoms with Gasteiger partial charge in [0.05, 0.1) is 71.0 Å². The lowest BCUT2D eigenvalue weighted by Crippen LogP contribution is -2.62.